The van der Waals surface area contributed by atoms with Crippen molar-refractivity contribution < 1.29 is 23.8 Å². The zero-order valence-electron chi connectivity index (χ0n) is 19.5. The average Bonchev–Trinajstić information content (AvgIpc) is 3.11. The molecular formula is C25H28N2O5S2. The zero-order chi connectivity index (χ0) is 24.5. The molecule has 9 heteroatoms. The molecule has 180 valence electrons. The molecule has 0 saturated carbocycles. The highest BCUT2D eigenvalue weighted by atomic mass is 32.2. The number of methoxy groups -OCH3 is 3. The number of benzene rings is 2. The molecule has 2 amide bonds. The summed E-state index contributed by atoms with van der Waals surface area (Å²) >= 11 is 6.66. The molecule has 2 aromatic rings. The predicted molar refractivity (Wildman–Crippen MR) is 138 cm³/mol. The maximum atomic E-state index is 12.8. The Morgan fingerprint density at radius 2 is 1.79 bits per heavy atom. The molecule has 0 unspecified atom stereocenters. The highest BCUT2D eigenvalue weighted by Gasteiger charge is 2.31. The molecule has 0 spiro atoms. The van der Waals surface area contributed by atoms with Gasteiger partial charge in [0.25, 0.3) is 5.91 Å². The van der Waals surface area contributed by atoms with Gasteiger partial charge in [-0.25, -0.2) is 0 Å². The maximum absolute atomic E-state index is 12.8. The van der Waals surface area contributed by atoms with Crippen molar-refractivity contribution in [3.63, 3.8) is 0 Å². The number of amides is 2. The van der Waals surface area contributed by atoms with Crippen LogP contribution in [0.4, 0.5) is 0 Å². The first-order valence-electron chi connectivity index (χ1n) is 10.8. The number of ether oxygens (including phenoxy) is 3. The zero-order valence-corrected chi connectivity index (χ0v) is 21.1. The van der Waals surface area contributed by atoms with Gasteiger partial charge in [-0.1, -0.05) is 42.2 Å². The lowest BCUT2D eigenvalue weighted by Crippen LogP contribution is -2.31. The minimum absolute atomic E-state index is 0.0558. The second kappa shape index (κ2) is 12.4. The topological polar surface area (TPSA) is 77.1 Å². The lowest BCUT2D eigenvalue weighted by molar-refractivity contribution is -0.123. The van der Waals surface area contributed by atoms with E-state index in [-0.39, 0.29) is 11.8 Å². The molecule has 7 nitrogen and oxygen atoms in total. The van der Waals surface area contributed by atoms with E-state index in [1.54, 1.807) is 26.2 Å². The summed E-state index contributed by atoms with van der Waals surface area (Å²) < 4.78 is 16.2. The Morgan fingerprint density at radius 3 is 2.47 bits per heavy atom. The second-order valence-corrected chi connectivity index (χ2v) is 9.18. The van der Waals surface area contributed by atoms with Crippen LogP contribution in [0.3, 0.4) is 0 Å². The Morgan fingerprint density at radius 1 is 1.06 bits per heavy atom. The molecule has 2 aromatic carbocycles. The molecule has 1 saturated heterocycles. The van der Waals surface area contributed by atoms with Crippen LogP contribution in [0.25, 0.3) is 6.08 Å². The highest BCUT2D eigenvalue weighted by molar-refractivity contribution is 8.26. The summed E-state index contributed by atoms with van der Waals surface area (Å²) in [6.07, 6.45) is 3.35. The fourth-order valence-corrected chi connectivity index (χ4v) is 4.72. The number of nitrogens with one attached hydrogen (secondary N) is 1. The van der Waals surface area contributed by atoms with Crippen molar-refractivity contribution in [2.24, 2.45) is 0 Å². The van der Waals surface area contributed by atoms with E-state index >= 15 is 0 Å². The minimum Gasteiger partial charge on any atom is -0.497 e. The molecule has 0 radical (unpaired) electrons. The first kappa shape index (κ1) is 25.6. The van der Waals surface area contributed by atoms with E-state index in [0.717, 1.165) is 16.9 Å². The van der Waals surface area contributed by atoms with Gasteiger partial charge in [-0.2, -0.15) is 0 Å². The van der Waals surface area contributed by atoms with E-state index in [0.29, 0.717) is 53.1 Å². The van der Waals surface area contributed by atoms with Crippen LogP contribution in [0.2, 0.25) is 0 Å². The number of carbonyl (C=O) groups excluding carboxylic acids is 2. The molecule has 1 aliphatic heterocycles. The van der Waals surface area contributed by atoms with Gasteiger partial charge in [0, 0.05) is 19.5 Å². The van der Waals surface area contributed by atoms with Crippen LogP contribution >= 0.6 is 24.0 Å². The molecule has 3 rings (SSSR count). The fraction of sp³-hybridized carbons (Fsp3) is 0.320. The number of hydrogen-bond acceptors (Lipinski definition) is 7. The van der Waals surface area contributed by atoms with Crippen LogP contribution in [0.5, 0.6) is 17.2 Å². The predicted octanol–water partition coefficient (Wildman–Crippen LogP) is 4.05. The lowest BCUT2D eigenvalue weighted by atomic mass is 10.1. The van der Waals surface area contributed by atoms with Crippen LogP contribution in [-0.4, -0.2) is 55.5 Å². The van der Waals surface area contributed by atoms with Gasteiger partial charge in [0.2, 0.25) is 5.91 Å². The van der Waals surface area contributed by atoms with Crippen LogP contribution in [0.15, 0.2) is 47.4 Å². The van der Waals surface area contributed by atoms with E-state index < -0.39 is 0 Å². The quantitative estimate of drug-likeness (QED) is 0.368. The maximum Gasteiger partial charge on any atom is 0.266 e. The van der Waals surface area contributed by atoms with Gasteiger partial charge in [-0.3, -0.25) is 14.5 Å². The molecule has 34 heavy (non-hydrogen) atoms. The van der Waals surface area contributed by atoms with Gasteiger partial charge in [0.15, 0.2) is 11.5 Å². The van der Waals surface area contributed by atoms with Crippen molar-refractivity contribution in [1.29, 1.82) is 0 Å². The Labute approximate surface area is 209 Å². The summed E-state index contributed by atoms with van der Waals surface area (Å²) in [6.45, 7) is 0.924. The normalized spacial score (nSPS) is 14.4. The summed E-state index contributed by atoms with van der Waals surface area (Å²) in [4.78, 5) is 27.1. The first-order chi connectivity index (χ1) is 16.4. The summed E-state index contributed by atoms with van der Waals surface area (Å²) in [5, 5.41) is 2.92. The number of thioether (sulfide) groups is 1. The van der Waals surface area contributed by atoms with Crippen LogP contribution in [-0.2, 0) is 16.0 Å². The molecule has 1 fully saturated rings. The average molecular weight is 501 g/mol. The molecule has 0 aliphatic carbocycles. The van der Waals surface area contributed by atoms with Gasteiger partial charge in [0.05, 0.1) is 26.2 Å². The van der Waals surface area contributed by atoms with Gasteiger partial charge in [-0.15, -0.1) is 0 Å². The standard InChI is InChI=1S/C25H28N2O5S2/c1-30-19-9-6-17(7-10-19)16-22-24(29)27(25(33)34-22)14-4-5-23(28)26-13-12-18-8-11-20(31-2)21(15-18)32-3/h6-11,15-16H,4-5,12-14H2,1-3H3,(H,26,28)/b22-16-. The molecule has 1 heterocycles. The van der Waals surface area contributed by atoms with Crippen molar-refractivity contribution >= 4 is 46.2 Å². The fourth-order valence-electron chi connectivity index (χ4n) is 3.41. The lowest BCUT2D eigenvalue weighted by Gasteiger charge is -2.14. The van der Waals surface area contributed by atoms with Gasteiger partial charge >= 0.3 is 0 Å². The van der Waals surface area contributed by atoms with Crippen molar-refractivity contribution in [2.45, 2.75) is 19.3 Å². The second-order valence-electron chi connectivity index (χ2n) is 7.50. The Bertz CT molecular complexity index is 1070. The third kappa shape index (κ3) is 6.74. The largest absolute Gasteiger partial charge is 0.497 e. The van der Waals surface area contributed by atoms with E-state index in [4.69, 9.17) is 26.4 Å². The van der Waals surface area contributed by atoms with E-state index in [2.05, 4.69) is 5.32 Å². The van der Waals surface area contributed by atoms with Crippen molar-refractivity contribution in [2.75, 3.05) is 34.4 Å². The Hall–Kier alpha value is -3.04. The number of carbonyl (C=O) groups is 2. The summed E-state index contributed by atoms with van der Waals surface area (Å²) in [7, 11) is 4.80. The van der Waals surface area contributed by atoms with Gasteiger partial charge < -0.3 is 19.5 Å². The number of nitrogens with zero attached hydrogens (tertiary/aromatic N) is 1. The number of hydrogen-bond donors (Lipinski definition) is 1. The minimum atomic E-state index is -0.125. The summed E-state index contributed by atoms with van der Waals surface area (Å²) in [5.41, 5.74) is 1.94. The van der Waals surface area contributed by atoms with Gasteiger partial charge in [0.1, 0.15) is 10.1 Å². The third-order valence-electron chi connectivity index (χ3n) is 5.26. The number of thiocarbonyl (C=S) groups is 1. The van der Waals surface area contributed by atoms with Crippen LogP contribution < -0.4 is 19.5 Å². The molecule has 0 aromatic heterocycles. The van der Waals surface area contributed by atoms with Crippen molar-refractivity contribution in [1.82, 2.24) is 10.2 Å². The smallest absolute Gasteiger partial charge is 0.266 e. The molecule has 1 N–H and O–H groups in total. The van der Waals surface area contributed by atoms with Crippen molar-refractivity contribution in [3.8, 4) is 17.2 Å². The highest BCUT2D eigenvalue weighted by Crippen LogP contribution is 2.33. The SMILES string of the molecule is COc1ccc(/C=C2\SC(=S)N(CCCC(=O)NCCc3ccc(OC)c(OC)c3)C2=O)cc1. The van der Waals surface area contributed by atoms with E-state index in [1.807, 2.05) is 48.5 Å². The molecule has 1 aliphatic rings. The monoisotopic (exact) mass is 500 g/mol. The first-order valence-corrected chi connectivity index (χ1v) is 12.0. The van der Waals surface area contributed by atoms with Gasteiger partial charge in [-0.05, 0) is 54.3 Å². The Balaban J connectivity index is 1.43. The van der Waals surface area contributed by atoms with E-state index in [1.165, 1.54) is 11.8 Å². The Kier molecular flexibility index (Phi) is 9.35. The molecule has 0 bridgehead atoms. The summed E-state index contributed by atoms with van der Waals surface area (Å²) in [5.74, 6) is 1.91. The molecular weight excluding hydrogens is 472 g/mol. The summed E-state index contributed by atoms with van der Waals surface area (Å²) in [6, 6.07) is 13.2. The molecule has 0 atom stereocenters. The number of rotatable bonds is 11. The van der Waals surface area contributed by atoms with Crippen molar-refractivity contribution in [3.05, 3.63) is 58.5 Å². The van der Waals surface area contributed by atoms with Crippen LogP contribution in [0, 0.1) is 0 Å². The third-order valence-corrected chi connectivity index (χ3v) is 6.63. The van der Waals surface area contributed by atoms with Crippen LogP contribution in [0.1, 0.15) is 24.0 Å². The van der Waals surface area contributed by atoms with E-state index in [9.17, 15) is 9.59 Å².